The van der Waals surface area contributed by atoms with Gasteiger partial charge in [0.2, 0.25) is 0 Å². The number of hydrogen-bond donors (Lipinski definition) is 0. The van der Waals surface area contributed by atoms with Crippen LogP contribution in [0.3, 0.4) is 0 Å². The van der Waals surface area contributed by atoms with Crippen molar-refractivity contribution in [3.8, 4) is 27.9 Å². The largest absolute Gasteiger partial charge is 0.309 e. The van der Waals surface area contributed by atoms with Crippen molar-refractivity contribution in [3.63, 3.8) is 0 Å². The van der Waals surface area contributed by atoms with Crippen LogP contribution >= 0.6 is 0 Å². The molecule has 0 spiro atoms. The Balaban J connectivity index is 1.75. The van der Waals surface area contributed by atoms with Crippen LogP contribution in [-0.2, 0) is 0 Å². The van der Waals surface area contributed by atoms with Gasteiger partial charge in [-0.2, -0.15) is 0 Å². The Hall–Kier alpha value is -5.44. The molecule has 44 heavy (non-hydrogen) atoms. The van der Waals surface area contributed by atoms with Crippen LogP contribution in [0.1, 0.15) is 28.8 Å². The fraction of sp³-hybridized carbons (Fsp3) is 0. The van der Waals surface area contributed by atoms with Gasteiger partial charge in [-0.15, -0.1) is 0 Å². The molecule has 1 aromatic heterocycles. The quantitative estimate of drug-likeness (QED) is 0.183. The molecular weight excluding hydrogens is 547 g/mol. The molecule has 0 saturated heterocycles. The number of fused-ring (bicyclic) bond motifs is 8. The highest BCUT2D eigenvalue weighted by atomic mass is 28.3. The minimum absolute atomic E-state index is 0.347. The molecule has 0 bridgehead atoms. The Morgan fingerprint density at radius 2 is 0.909 bits per heavy atom. The maximum atomic E-state index is 10.3. The van der Waals surface area contributed by atoms with Crippen molar-refractivity contribution in [1.29, 1.82) is 0 Å². The second kappa shape index (κ2) is 9.80. The first-order valence-corrected chi connectivity index (χ1v) is 15.6. The third-order valence-corrected chi connectivity index (χ3v) is 12.2. The first kappa shape index (κ1) is 11.9. The van der Waals surface area contributed by atoms with Crippen LogP contribution in [0.4, 0.5) is 0 Å². The summed E-state index contributed by atoms with van der Waals surface area (Å²) >= 11 is 0. The van der Waals surface area contributed by atoms with Crippen molar-refractivity contribution >= 4 is 50.6 Å². The van der Waals surface area contributed by atoms with Gasteiger partial charge in [0.25, 0.3) is 0 Å². The summed E-state index contributed by atoms with van der Waals surface area (Å²) in [6.45, 7) is 0. The van der Waals surface area contributed by atoms with E-state index >= 15 is 0 Å². The van der Waals surface area contributed by atoms with Crippen LogP contribution in [-0.4, -0.2) is 12.6 Å². The summed E-state index contributed by atoms with van der Waals surface area (Å²) in [5, 5.41) is -2.01. The van der Waals surface area contributed by atoms with Gasteiger partial charge in [-0.05, 0) is 67.2 Å². The molecule has 1 aliphatic rings. The van der Waals surface area contributed by atoms with Crippen molar-refractivity contribution in [1.82, 2.24) is 4.57 Å². The lowest BCUT2D eigenvalue weighted by atomic mass is 9.94. The third-order valence-electron chi connectivity index (χ3n) is 7.98. The maximum absolute atomic E-state index is 10.3. The predicted molar refractivity (Wildman–Crippen MR) is 189 cm³/mol. The molecule has 8 aromatic rings. The van der Waals surface area contributed by atoms with Crippen LogP contribution in [0.2, 0.25) is 0 Å². The summed E-state index contributed by atoms with van der Waals surface area (Å²) in [5.74, 6) is 0. The fourth-order valence-corrected chi connectivity index (χ4v) is 10.4. The van der Waals surface area contributed by atoms with Crippen LogP contribution in [0, 0.1) is 0 Å². The Kier molecular flexibility index (Phi) is 2.65. The van der Waals surface area contributed by atoms with E-state index in [-0.39, 0.29) is 5.69 Å². The second-order valence-corrected chi connectivity index (χ2v) is 13.6. The molecule has 0 aliphatic carbocycles. The summed E-state index contributed by atoms with van der Waals surface area (Å²) in [6, 6.07) is -6.61. The molecule has 1 aliphatic heterocycles. The number of nitrogens with zero attached hydrogens (tertiary/aromatic N) is 1. The highest BCUT2D eigenvalue weighted by Gasteiger charge is 2.46. The summed E-state index contributed by atoms with van der Waals surface area (Å²) in [6.07, 6.45) is 0. The molecular formula is C42H29NSi. The van der Waals surface area contributed by atoms with Gasteiger partial charge in [0.05, 0.1) is 39.8 Å². The lowest BCUT2D eigenvalue weighted by molar-refractivity contribution is 1.18. The van der Waals surface area contributed by atoms with Crippen molar-refractivity contribution in [2.24, 2.45) is 0 Å². The molecule has 0 amide bonds. The highest BCUT2D eigenvalue weighted by Crippen LogP contribution is 2.38. The monoisotopic (exact) mass is 596 g/mol. The SMILES string of the molecule is [2H]c1c([2H])c([2H])c([Si]2(c3c([2H])c([2H])c([2H])c([2H])c3[2H])c3c([2H])c([2H])c([2H])c([2H])c3-c3c([2H])c([2H])c([2H])c([2H])c3-c3c([2H])c(-n4c5ccccc5c5ccccc54)c([2H])c([2H])c32)c([2H])c1[2H]. The average molecular weight is 597 g/mol. The van der Waals surface area contributed by atoms with Gasteiger partial charge in [-0.1, -0.05) is 151 Å². The van der Waals surface area contributed by atoms with Gasteiger partial charge in [-0.25, -0.2) is 0 Å². The van der Waals surface area contributed by atoms with E-state index in [2.05, 4.69) is 0 Å². The molecule has 2 heteroatoms. The van der Waals surface area contributed by atoms with E-state index in [4.69, 9.17) is 13.7 Å². The molecule has 7 aromatic carbocycles. The van der Waals surface area contributed by atoms with E-state index in [1.165, 1.54) is 4.57 Å². The summed E-state index contributed by atoms with van der Waals surface area (Å²) in [5.41, 5.74) is -2.20. The molecule has 206 valence electrons. The number of aromatic nitrogens is 1. The van der Waals surface area contributed by atoms with E-state index in [1.807, 2.05) is 0 Å². The van der Waals surface area contributed by atoms with Gasteiger partial charge < -0.3 is 4.57 Å². The minimum Gasteiger partial charge on any atom is -0.309 e. The van der Waals surface area contributed by atoms with E-state index in [9.17, 15) is 15.1 Å². The Morgan fingerprint density at radius 3 is 1.52 bits per heavy atom. The van der Waals surface area contributed by atoms with Gasteiger partial charge in [-0.3, -0.25) is 0 Å². The minimum atomic E-state index is -6.04. The number of benzene rings is 7. The molecule has 2 heterocycles. The molecule has 0 saturated carbocycles. The van der Waals surface area contributed by atoms with Crippen molar-refractivity contribution in [2.75, 3.05) is 0 Å². The Morgan fingerprint density at radius 1 is 0.432 bits per heavy atom. The second-order valence-electron chi connectivity index (χ2n) is 10.1. The van der Waals surface area contributed by atoms with Gasteiger partial charge >= 0.3 is 0 Å². The Labute approximate surface area is 287 Å². The number of hydrogen-bond acceptors (Lipinski definition) is 0. The van der Waals surface area contributed by atoms with Crippen molar-refractivity contribution < 1.29 is 28.8 Å². The zero-order valence-corrected chi connectivity index (χ0v) is 23.6. The predicted octanol–water partition coefficient (Wildman–Crippen LogP) is 7.81. The van der Waals surface area contributed by atoms with Crippen molar-refractivity contribution in [3.05, 3.63) is 175 Å². The number of para-hydroxylation sites is 2. The van der Waals surface area contributed by atoms with E-state index < -0.39 is 178 Å². The van der Waals surface area contributed by atoms with Gasteiger partial charge in [0.15, 0.2) is 8.07 Å². The van der Waals surface area contributed by atoms with Crippen LogP contribution in [0.25, 0.3) is 49.7 Å². The third kappa shape index (κ3) is 3.46. The molecule has 0 unspecified atom stereocenters. The normalized spacial score (nSPS) is 19.9. The number of rotatable bonds is 3. The molecule has 0 N–H and O–H groups in total. The van der Waals surface area contributed by atoms with E-state index in [0.29, 0.717) is 21.8 Å². The highest BCUT2D eigenvalue weighted by molar-refractivity contribution is 7.21. The lowest BCUT2D eigenvalue weighted by Gasteiger charge is -2.36. The maximum Gasteiger partial charge on any atom is 0.180 e. The average Bonchev–Trinajstić information content (AvgIpc) is 3.56. The van der Waals surface area contributed by atoms with Crippen LogP contribution in [0.5, 0.6) is 0 Å². The molecule has 0 atom stereocenters. The Bertz CT molecular complexity index is 3350. The first-order chi connectivity index (χ1) is 30.6. The van der Waals surface area contributed by atoms with Crippen LogP contribution < -0.4 is 20.7 Å². The standard InChI is InChI=1S/C42H29NSi/c1-3-15-31(16-4-1)44(32-17-5-2-6-18-32)41-26-14-11-23-37(41)33-19-7-8-20-34(33)38-29-30(27-28-42(38)44)43-39-24-12-9-21-35(39)36-22-10-13-25-40(36)43/h1-29H/i1D,2D,3D,4D,5D,6D,7D,8D,11D,14D,15D,16D,17D,18D,19D,20D,23D,26D,27D,28D,29D. The van der Waals surface area contributed by atoms with Gasteiger partial charge in [0, 0.05) is 16.5 Å². The molecule has 9 rings (SSSR count). The van der Waals surface area contributed by atoms with Gasteiger partial charge in [0.1, 0.15) is 0 Å². The topological polar surface area (TPSA) is 4.93 Å². The fourth-order valence-electron chi connectivity index (χ4n) is 6.23. The van der Waals surface area contributed by atoms with E-state index in [1.54, 1.807) is 48.5 Å². The summed E-state index contributed by atoms with van der Waals surface area (Å²) in [7, 11) is -6.04. The zero-order chi connectivity index (χ0) is 47.4. The first-order valence-electron chi connectivity index (χ1n) is 24.1. The zero-order valence-electron chi connectivity index (χ0n) is 43.6. The van der Waals surface area contributed by atoms with Crippen molar-refractivity contribution in [2.45, 2.75) is 0 Å². The van der Waals surface area contributed by atoms with Crippen LogP contribution in [0.15, 0.2) is 175 Å². The van der Waals surface area contributed by atoms with E-state index in [0.717, 1.165) is 0 Å². The smallest absolute Gasteiger partial charge is 0.180 e. The summed E-state index contributed by atoms with van der Waals surface area (Å²) in [4.78, 5) is 0. The molecule has 1 nitrogen and oxygen atoms in total. The molecule has 0 fully saturated rings. The molecule has 0 radical (unpaired) electrons. The summed E-state index contributed by atoms with van der Waals surface area (Å²) < 4.78 is 197. The lowest BCUT2D eigenvalue weighted by Crippen LogP contribution is -2.75.